The van der Waals surface area contributed by atoms with Crippen molar-refractivity contribution in [3.63, 3.8) is 0 Å². The van der Waals surface area contributed by atoms with E-state index in [9.17, 15) is 0 Å². The fourth-order valence-electron chi connectivity index (χ4n) is 3.73. The second kappa shape index (κ2) is 7.23. The van der Waals surface area contributed by atoms with Gasteiger partial charge in [-0.15, -0.1) is 0 Å². The first-order valence-corrected chi connectivity index (χ1v) is 9.09. The normalized spacial score (nSPS) is 20.1. The molecule has 0 radical (unpaired) electrons. The van der Waals surface area contributed by atoms with Crippen LogP contribution in [-0.2, 0) is 6.54 Å². The predicted molar refractivity (Wildman–Crippen MR) is 98.2 cm³/mol. The molecule has 1 aromatic rings. The highest BCUT2D eigenvalue weighted by Crippen LogP contribution is 2.45. The summed E-state index contributed by atoms with van der Waals surface area (Å²) in [6.45, 7) is 14.5. The maximum Gasteiger partial charge on any atom is 0.0471 e. The van der Waals surface area contributed by atoms with Crippen LogP contribution in [0.1, 0.15) is 70.9 Å². The standard InChI is InChI=1S/C19H31ClN2/c1-6-8-21-13-15-10-16-14(3)12-19(4,5)22(9-7-2)18(16)11-17(15)20/h10-11,14,21H,6-9,12-13H2,1-5H3. The van der Waals surface area contributed by atoms with Gasteiger partial charge in [-0.2, -0.15) is 0 Å². The van der Waals surface area contributed by atoms with Crippen LogP contribution in [-0.4, -0.2) is 18.6 Å². The molecule has 1 unspecified atom stereocenters. The van der Waals surface area contributed by atoms with Crippen LogP contribution >= 0.6 is 11.6 Å². The van der Waals surface area contributed by atoms with Gasteiger partial charge in [0.05, 0.1) is 0 Å². The highest BCUT2D eigenvalue weighted by atomic mass is 35.5. The molecule has 0 bridgehead atoms. The van der Waals surface area contributed by atoms with E-state index in [-0.39, 0.29) is 5.54 Å². The van der Waals surface area contributed by atoms with Crippen molar-refractivity contribution in [2.45, 2.75) is 71.9 Å². The second-order valence-electron chi connectivity index (χ2n) is 7.25. The van der Waals surface area contributed by atoms with Gasteiger partial charge >= 0.3 is 0 Å². The molecule has 1 aliphatic rings. The lowest BCUT2D eigenvalue weighted by Gasteiger charge is -2.48. The zero-order valence-electron chi connectivity index (χ0n) is 14.8. The molecule has 1 atom stereocenters. The van der Waals surface area contributed by atoms with Gasteiger partial charge in [0.1, 0.15) is 0 Å². The molecule has 124 valence electrons. The van der Waals surface area contributed by atoms with E-state index in [1.807, 2.05) is 0 Å². The quantitative estimate of drug-likeness (QED) is 0.711. The summed E-state index contributed by atoms with van der Waals surface area (Å²) < 4.78 is 0. The molecule has 0 fully saturated rings. The monoisotopic (exact) mass is 322 g/mol. The molecular weight excluding hydrogens is 292 g/mol. The summed E-state index contributed by atoms with van der Waals surface area (Å²) in [7, 11) is 0. The number of benzene rings is 1. The van der Waals surface area contributed by atoms with E-state index in [1.165, 1.54) is 23.2 Å². The Labute approximate surface area is 141 Å². The van der Waals surface area contributed by atoms with E-state index in [0.29, 0.717) is 5.92 Å². The molecule has 0 aliphatic carbocycles. The molecule has 1 aliphatic heterocycles. The molecule has 0 amide bonds. The molecule has 2 rings (SSSR count). The van der Waals surface area contributed by atoms with E-state index in [2.05, 4.69) is 57.0 Å². The van der Waals surface area contributed by atoms with Crippen LogP contribution in [0.15, 0.2) is 12.1 Å². The zero-order valence-corrected chi connectivity index (χ0v) is 15.6. The number of anilines is 1. The van der Waals surface area contributed by atoms with Gasteiger partial charge in [-0.05, 0) is 62.8 Å². The lowest BCUT2D eigenvalue weighted by molar-refractivity contribution is 0.376. The summed E-state index contributed by atoms with van der Waals surface area (Å²) in [6, 6.07) is 4.54. The maximum absolute atomic E-state index is 6.58. The molecule has 0 spiro atoms. The van der Waals surface area contributed by atoms with Gasteiger partial charge < -0.3 is 10.2 Å². The third kappa shape index (κ3) is 3.60. The molecule has 1 N–H and O–H groups in total. The van der Waals surface area contributed by atoms with Crippen LogP contribution in [0.2, 0.25) is 5.02 Å². The summed E-state index contributed by atoms with van der Waals surface area (Å²) >= 11 is 6.58. The second-order valence-corrected chi connectivity index (χ2v) is 7.66. The van der Waals surface area contributed by atoms with Gasteiger partial charge in [-0.3, -0.25) is 0 Å². The third-order valence-corrected chi connectivity index (χ3v) is 5.10. The van der Waals surface area contributed by atoms with E-state index in [0.717, 1.165) is 37.5 Å². The fraction of sp³-hybridized carbons (Fsp3) is 0.684. The van der Waals surface area contributed by atoms with Crippen LogP contribution in [0.5, 0.6) is 0 Å². The lowest BCUT2D eigenvalue weighted by Crippen LogP contribution is -2.48. The van der Waals surface area contributed by atoms with Gasteiger partial charge in [0.2, 0.25) is 0 Å². The SMILES string of the molecule is CCCNCc1cc2c(cc1Cl)N(CCC)C(C)(C)CC2C. The van der Waals surface area contributed by atoms with E-state index in [4.69, 9.17) is 11.6 Å². The van der Waals surface area contributed by atoms with E-state index >= 15 is 0 Å². The molecule has 0 saturated carbocycles. The van der Waals surface area contributed by atoms with Crippen molar-refractivity contribution in [1.82, 2.24) is 5.32 Å². The molecule has 0 saturated heterocycles. The van der Waals surface area contributed by atoms with Crippen molar-refractivity contribution in [2.24, 2.45) is 0 Å². The smallest absolute Gasteiger partial charge is 0.0471 e. The number of fused-ring (bicyclic) bond motifs is 1. The van der Waals surface area contributed by atoms with Crippen molar-refractivity contribution in [1.29, 1.82) is 0 Å². The molecule has 1 heterocycles. The first-order chi connectivity index (χ1) is 10.4. The first kappa shape index (κ1) is 17.6. The van der Waals surface area contributed by atoms with E-state index < -0.39 is 0 Å². The van der Waals surface area contributed by atoms with Gasteiger partial charge in [0.25, 0.3) is 0 Å². The number of nitrogens with zero attached hydrogens (tertiary/aromatic N) is 1. The minimum Gasteiger partial charge on any atom is -0.366 e. The highest BCUT2D eigenvalue weighted by Gasteiger charge is 2.36. The Morgan fingerprint density at radius 1 is 1.27 bits per heavy atom. The summed E-state index contributed by atoms with van der Waals surface area (Å²) in [5.41, 5.74) is 4.24. The highest BCUT2D eigenvalue weighted by molar-refractivity contribution is 6.31. The summed E-state index contributed by atoms with van der Waals surface area (Å²) in [5.74, 6) is 0.584. The first-order valence-electron chi connectivity index (χ1n) is 8.71. The minimum absolute atomic E-state index is 0.202. The molecule has 22 heavy (non-hydrogen) atoms. The van der Waals surface area contributed by atoms with Gasteiger partial charge in [-0.25, -0.2) is 0 Å². The Morgan fingerprint density at radius 3 is 2.64 bits per heavy atom. The van der Waals surface area contributed by atoms with Crippen molar-refractivity contribution in [3.05, 3.63) is 28.3 Å². The van der Waals surface area contributed by atoms with Crippen LogP contribution < -0.4 is 10.2 Å². The Balaban J connectivity index is 2.37. The summed E-state index contributed by atoms with van der Waals surface area (Å²) in [5, 5.41) is 4.37. The number of hydrogen-bond donors (Lipinski definition) is 1. The minimum atomic E-state index is 0.202. The molecular formula is C19H31ClN2. The van der Waals surface area contributed by atoms with Crippen molar-refractivity contribution < 1.29 is 0 Å². The zero-order chi connectivity index (χ0) is 16.3. The molecule has 1 aromatic carbocycles. The predicted octanol–water partition coefficient (Wildman–Crippen LogP) is 5.34. The lowest BCUT2D eigenvalue weighted by atomic mass is 9.79. The Morgan fingerprint density at radius 2 is 2.00 bits per heavy atom. The average molecular weight is 323 g/mol. The molecule has 2 nitrogen and oxygen atoms in total. The fourth-order valence-corrected chi connectivity index (χ4v) is 3.96. The maximum atomic E-state index is 6.58. The van der Waals surface area contributed by atoms with Gasteiger partial charge in [0.15, 0.2) is 0 Å². The van der Waals surface area contributed by atoms with Gasteiger partial charge in [0, 0.05) is 29.3 Å². The third-order valence-electron chi connectivity index (χ3n) is 4.74. The van der Waals surface area contributed by atoms with Crippen molar-refractivity contribution in [2.75, 3.05) is 18.0 Å². The topological polar surface area (TPSA) is 15.3 Å². The number of hydrogen-bond acceptors (Lipinski definition) is 2. The summed E-state index contributed by atoms with van der Waals surface area (Å²) in [4.78, 5) is 2.55. The number of nitrogens with one attached hydrogen (secondary N) is 1. The Kier molecular flexibility index (Phi) is 5.79. The van der Waals surface area contributed by atoms with Crippen molar-refractivity contribution in [3.8, 4) is 0 Å². The number of halogens is 1. The van der Waals surface area contributed by atoms with Gasteiger partial charge in [-0.1, -0.05) is 38.4 Å². The van der Waals surface area contributed by atoms with E-state index in [1.54, 1.807) is 0 Å². The number of rotatable bonds is 6. The largest absolute Gasteiger partial charge is 0.366 e. The Bertz CT molecular complexity index is 510. The van der Waals surface area contributed by atoms with Crippen LogP contribution in [0.25, 0.3) is 0 Å². The molecule has 3 heteroatoms. The molecule has 0 aromatic heterocycles. The van der Waals surface area contributed by atoms with Crippen LogP contribution in [0, 0.1) is 0 Å². The van der Waals surface area contributed by atoms with Crippen LogP contribution in [0.3, 0.4) is 0 Å². The van der Waals surface area contributed by atoms with Crippen molar-refractivity contribution >= 4 is 17.3 Å². The average Bonchev–Trinajstić information content (AvgIpc) is 2.44. The Hall–Kier alpha value is -0.730. The summed E-state index contributed by atoms with van der Waals surface area (Å²) in [6.07, 6.45) is 3.51. The van der Waals surface area contributed by atoms with Crippen LogP contribution in [0.4, 0.5) is 5.69 Å².